The lowest BCUT2D eigenvalue weighted by Crippen LogP contribution is -2.44. The molecule has 2 aliphatic rings. The molecule has 0 saturated carbocycles. The fraction of sp³-hybridized carbons (Fsp3) is 0.394. The van der Waals surface area contributed by atoms with Crippen LogP contribution in [0.4, 0.5) is 4.39 Å². The summed E-state index contributed by atoms with van der Waals surface area (Å²) in [4.78, 5) is 16.3. The number of ether oxygens (including phenoxy) is 4. The standard InChI is InChI=1S/C33H34FNO5/c1-5-6-23(16-31(36)37-4)22-7-9-24(10-8-22)40-29-14-12-26-25(11-13-28(34)32(26)29)27-17-35-30(15-21(27)2)39-20-33(3)18-38-19-33/h7-11,13,15,17,23,29H,12,14,16,18-20H2,1-4H3/t23?,29-/m1/s1. The number of carbonyl (C=O) groups is 1. The Labute approximate surface area is 234 Å². The smallest absolute Gasteiger partial charge is 0.307 e. The Bertz CT molecular complexity index is 1450. The molecule has 0 bridgehead atoms. The fourth-order valence-corrected chi connectivity index (χ4v) is 5.34. The van der Waals surface area contributed by atoms with Crippen LogP contribution in [0.2, 0.25) is 0 Å². The number of benzene rings is 2. The van der Waals surface area contributed by atoms with E-state index < -0.39 is 6.10 Å². The van der Waals surface area contributed by atoms with E-state index >= 15 is 4.39 Å². The van der Waals surface area contributed by atoms with Crippen molar-refractivity contribution in [3.63, 3.8) is 0 Å². The van der Waals surface area contributed by atoms with Crippen molar-refractivity contribution in [1.29, 1.82) is 0 Å². The number of rotatable bonds is 9. The summed E-state index contributed by atoms with van der Waals surface area (Å²) in [7, 11) is 1.37. The van der Waals surface area contributed by atoms with Crippen molar-refractivity contribution >= 4 is 5.97 Å². The molecule has 0 spiro atoms. The summed E-state index contributed by atoms with van der Waals surface area (Å²) >= 11 is 0. The molecule has 1 unspecified atom stereocenters. The number of nitrogens with zero attached hydrogens (tertiary/aromatic N) is 1. The van der Waals surface area contributed by atoms with Crippen LogP contribution >= 0.6 is 0 Å². The molecule has 1 aromatic heterocycles. The van der Waals surface area contributed by atoms with Gasteiger partial charge in [-0.2, -0.15) is 0 Å². The quantitative estimate of drug-likeness (QED) is 0.232. The number of pyridine rings is 1. The first kappa shape index (κ1) is 27.7. The number of methoxy groups -OCH3 is 1. The van der Waals surface area contributed by atoms with Gasteiger partial charge in [0.2, 0.25) is 5.88 Å². The molecule has 1 saturated heterocycles. The van der Waals surface area contributed by atoms with Crippen LogP contribution in [0.3, 0.4) is 0 Å². The first-order valence-electron chi connectivity index (χ1n) is 13.5. The lowest BCUT2D eigenvalue weighted by molar-refractivity contribution is -0.140. The molecule has 1 aliphatic carbocycles. The van der Waals surface area contributed by atoms with E-state index in [0.717, 1.165) is 27.8 Å². The average molecular weight is 544 g/mol. The number of carbonyl (C=O) groups excluding carboxylic acids is 1. The molecule has 208 valence electrons. The number of hydrogen-bond donors (Lipinski definition) is 0. The number of aryl methyl sites for hydroxylation is 1. The summed E-state index contributed by atoms with van der Waals surface area (Å²) in [6.07, 6.45) is 2.97. The van der Waals surface area contributed by atoms with Crippen LogP contribution in [0.1, 0.15) is 61.0 Å². The maximum absolute atomic E-state index is 15.2. The van der Waals surface area contributed by atoms with E-state index in [2.05, 4.69) is 23.7 Å². The molecule has 5 rings (SSSR count). The maximum atomic E-state index is 15.2. The highest BCUT2D eigenvalue weighted by molar-refractivity contribution is 5.73. The van der Waals surface area contributed by atoms with Gasteiger partial charge in [-0.15, -0.1) is 5.92 Å². The molecule has 0 radical (unpaired) electrons. The molecule has 0 amide bonds. The minimum atomic E-state index is -0.400. The molecule has 1 aliphatic heterocycles. The van der Waals surface area contributed by atoms with E-state index in [-0.39, 0.29) is 29.5 Å². The number of esters is 1. The Morgan fingerprint density at radius 1 is 1.20 bits per heavy atom. The Morgan fingerprint density at radius 2 is 1.98 bits per heavy atom. The number of halogens is 1. The van der Waals surface area contributed by atoms with Crippen molar-refractivity contribution in [2.24, 2.45) is 5.41 Å². The summed E-state index contributed by atoms with van der Waals surface area (Å²) < 4.78 is 37.5. The van der Waals surface area contributed by atoms with E-state index in [1.165, 1.54) is 13.2 Å². The monoisotopic (exact) mass is 543 g/mol. The minimum absolute atomic E-state index is 0.0374. The Balaban J connectivity index is 1.33. The van der Waals surface area contributed by atoms with E-state index in [0.29, 0.717) is 49.9 Å². The molecule has 3 aromatic rings. The largest absolute Gasteiger partial charge is 0.486 e. The third-order valence-electron chi connectivity index (χ3n) is 7.61. The first-order valence-corrected chi connectivity index (χ1v) is 13.5. The van der Waals surface area contributed by atoms with Gasteiger partial charge in [0, 0.05) is 28.8 Å². The Kier molecular flexibility index (Phi) is 8.09. The molecule has 40 heavy (non-hydrogen) atoms. The van der Waals surface area contributed by atoms with Crippen molar-refractivity contribution in [1.82, 2.24) is 4.98 Å². The topological polar surface area (TPSA) is 66.9 Å². The van der Waals surface area contributed by atoms with E-state index in [1.807, 2.05) is 49.5 Å². The zero-order valence-electron chi connectivity index (χ0n) is 23.4. The highest BCUT2D eigenvalue weighted by Crippen LogP contribution is 2.42. The SMILES string of the molecule is CC#CC(CC(=O)OC)c1ccc(O[C@@H]2CCc3c(-c4cnc(OCC5(C)COC5)cc4C)ccc(F)c32)cc1. The van der Waals surface area contributed by atoms with Gasteiger partial charge in [-0.1, -0.05) is 31.0 Å². The van der Waals surface area contributed by atoms with Gasteiger partial charge >= 0.3 is 5.97 Å². The van der Waals surface area contributed by atoms with Gasteiger partial charge in [0.15, 0.2) is 0 Å². The predicted molar refractivity (Wildman–Crippen MR) is 150 cm³/mol. The van der Waals surface area contributed by atoms with Gasteiger partial charge in [0.05, 0.1) is 39.3 Å². The van der Waals surface area contributed by atoms with Crippen molar-refractivity contribution in [3.05, 3.63) is 76.7 Å². The first-order chi connectivity index (χ1) is 19.3. The molecule has 0 N–H and O–H groups in total. The summed E-state index contributed by atoms with van der Waals surface area (Å²) in [5.41, 5.74) is 5.44. The third kappa shape index (κ3) is 5.83. The van der Waals surface area contributed by atoms with Gasteiger partial charge < -0.3 is 18.9 Å². The van der Waals surface area contributed by atoms with Crippen LogP contribution in [-0.4, -0.2) is 37.9 Å². The molecule has 2 aromatic carbocycles. The summed E-state index contributed by atoms with van der Waals surface area (Å²) in [5, 5.41) is 0. The zero-order chi connectivity index (χ0) is 28.3. The van der Waals surface area contributed by atoms with Gasteiger partial charge in [-0.3, -0.25) is 4.79 Å². The van der Waals surface area contributed by atoms with E-state index in [4.69, 9.17) is 18.9 Å². The lowest BCUT2D eigenvalue weighted by atomic mass is 9.90. The van der Waals surface area contributed by atoms with Crippen molar-refractivity contribution in [2.75, 3.05) is 26.9 Å². The highest BCUT2D eigenvalue weighted by Gasteiger charge is 2.34. The second kappa shape index (κ2) is 11.7. The molecule has 2 heterocycles. The number of aromatic nitrogens is 1. The van der Waals surface area contributed by atoms with Crippen molar-refractivity contribution in [2.45, 2.75) is 52.1 Å². The van der Waals surface area contributed by atoms with E-state index in [9.17, 15) is 4.79 Å². The molecular weight excluding hydrogens is 509 g/mol. The van der Waals surface area contributed by atoms with E-state index in [1.54, 1.807) is 6.92 Å². The minimum Gasteiger partial charge on any atom is -0.486 e. The van der Waals surface area contributed by atoms with Crippen LogP contribution < -0.4 is 9.47 Å². The van der Waals surface area contributed by atoms with Crippen LogP contribution in [0.25, 0.3) is 11.1 Å². The van der Waals surface area contributed by atoms with Gasteiger partial charge in [0.25, 0.3) is 0 Å². The highest BCUT2D eigenvalue weighted by atomic mass is 19.1. The fourth-order valence-electron chi connectivity index (χ4n) is 5.34. The molecule has 7 heteroatoms. The van der Waals surface area contributed by atoms with Crippen molar-refractivity contribution < 1.29 is 28.1 Å². The second-order valence-corrected chi connectivity index (χ2v) is 10.9. The third-order valence-corrected chi connectivity index (χ3v) is 7.61. The molecule has 6 nitrogen and oxygen atoms in total. The Morgan fingerprint density at radius 3 is 2.62 bits per heavy atom. The molecular formula is C33H34FNO5. The second-order valence-electron chi connectivity index (χ2n) is 10.9. The normalized spacial score (nSPS) is 17.6. The summed E-state index contributed by atoms with van der Waals surface area (Å²) in [6, 6.07) is 12.8. The van der Waals surface area contributed by atoms with Crippen LogP contribution in [-0.2, 0) is 20.7 Å². The zero-order valence-corrected chi connectivity index (χ0v) is 23.4. The average Bonchev–Trinajstić information content (AvgIpc) is 3.36. The van der Waals surface area contributed by atoms with Gasteiger partial charge in [-0.05, 0) is 67.1 Å². The summed E-state index contributed by atoms with van der Waals surface area (Å²) in [5.74, 6) is 6.32. The van der Waals surface area contributed by atoms with Crippen LogP contribution in [0.5, 0.6) is 11.6 Å². The van der Waals surface area contributed by atoms with Gasteiger partial charge in [-0.25, -0.2) is 9.37 Å². The van der Waals surface area contributed by atoms with Crippen LogP contribution in [0.15, 0.2) is 48.7 Å². The lowest BCUT2D eigenvalue weighted by Gasteiger charge is -2.37. The van der Waals surface area contributed by atoms with Crippen molar-refractivity contribution in [3.8, 4) is 34.6 Å². The molecule has 1 fully saturated rings. The molecule has 2 atom stereocenters. The number of hydrogen-bond acceptors (Lipinski definition) is 6. The Hall–Kier alpha value is -3.89. The maximum Gasteiger partial charge on any atom is 0.307 e. The number of fused-ring (bicyclic) bond motifs is 1. The van der Waals surface area contributed by atoms with Crippen LogP contribution in [0, 0.1) is 30.0 Å². The van der Waals surface area contributed by atoms with Gasteiger partial charge in [0.1, 0.15) is 17.7 Å². The predicted octanol–water partition coefficient (Wildman–Crippen LogP) is 6.35. The summed E-state index contributed by atoms with van der Waals surface area (Å²) in [6.45, 7) is 7.85.